The van der Waals surface area contributed by atoms with E-state index in [4.69, 9.17) is 9.47 Å². The van der Waals surface area contributed by atoms with Gasteiger partial charge in [-0.1, -0.05) is 12.1 Å². The van der Waals surface area contributed by atoms with Crippen LogP contribution in [0.3, 0.4) is 0 Å². The van der Waals surface area contributed by atoms with Crippen molar-refractivity contribution in [3.05, 3.63) is 40.8 Å². The molecule has 0 N–H and O–H groups in total. The van der Waals surface area contributed by atoms with Gasteiger partial charge in [0.2, 0.25) is 0 Å². The average molecular weight is 359 g/mol. The third-order valence-electron chi connectivity index (χ3n) is 4.16. The summed E-state index contributed by atoms with van der Waals surface area (Å²) >= 11 is 1.81. The molecule has 0 spiro atoms. The van der Waals surface area contributed by atoms with E-state index in [1.54, 1.807) is 7.11 Å². The van der Waals surface area contributed by atoms with Crippen LogP contribution in [0.15, 0.2) is 30.3 Å². The van der Waals surface area contributed by atoms with Crippen molar-refractivity contribution in [1.82, 2.24) is 4.90 Å². The summed E-state index contributed by atoms with van der Waals surface area (Å²) in [4.78, 5) is 16.7. The smallest absolute Gasteiger partial charge is 0.410 e. The number of ether oxygens (including phenoxy) is 2. The minimum atomic E-state index is -0.451. The number of hydrogen-bond donors (Lipinski definition) is 0. The molecule has 0 saturated heterocycles. The van der Waals surface area contributed by atoms with Gasteiger partial charge in [0, 0.05) is 22.8 Å². The highest BCUT2D eigenvalue weighted by Gasteiger charge is 2.25. The molecule has 5 heteroatoms. The fourth-order valence-electron chi connectivity index (χ4n) is 2.92. The molecule has 0 unspecified atom stereocenters. The Hall–Kier alpha value is -2.01. The molecule has 4 nitrogen and oxygen atoms in total. The minimum Gasteiger partial charge on any atom is -0.497 e. The van der Waals surface area contributed by atoms with Crippen LogP contribution in [0.25, 0.3) is 10.4 Å². The van der Waals surface area contributed by atoms with Crippen molar-refractivity contribution < 1.29 is 14.3 Å². The summed E-state index contributed by atoms with van der Waals surface area (Å²) in [5.41, 5.74) is 2.07. The number of amides is 1. The van der Waals surface area contributed by atoms with Crippen molar-refractivity contribution in [3.63, 3.8) is 0 Å². The van der Waals surface area contributed by atoms with Crippen LogP contribution < -0.4 is 4.74 Å². The lowest BCUT2D eigenvalue weighted by Gasteiger charge is -2.26. The van der Waals surface area contributed by atoms with E-state index >= 15 is 0 Å². The largest absolute Gasteiger partial charge is 0.497 e. The van der Waals surface area contributed by atoms with Gasteiger partial charge in [0.15, 0.2) is 0 Å². The number of hydrogen-bond acceptors (Lipinski definition) is 4. The maximum Gasteiger partial charge on any atom is 0.410 e. The van der Waals surface area contributed by atoms with Gasteiger partial charge in [-0.2, -0.15) is 0 Å². The molecule has 1 aromatic carbocycles. The standard InChI is InChI=1S/C20H25NO3S/c1-20(2,3)24-19(22)21-10-8-15-13-18(25-17(15)9-11-21)14-6-5-7-16(12-14)23-4/h5-7,12-13H,8-11H2,1-4H3. The summed E-state index contributed by atoms with van der Waals surface area (Å²) in [6, 6.07) is 10.4. The molecule has 2 aromatic rings. The Morgan fingerprint density at radius 3 is 2.64 bits per heavy atom. The topological polar surface area (TPSA) is 38.8 Å². The van der Waals surface area contributed by atoms with Crippen LogP contribution in [0.2, 0.25) is 0 Å². The maximum atomic E-state index is 12.3. The van der Waals surface area contributed by atoms with Gasteiger partial charge in [0.05, 0.1) is 7.11 Å². The van der Waals surface area contributed by atoms with Crippen LogP contribution in [-0.2, 0) is 17.6 Å². The highest BCUT2D eigenvalue weighted by atomic mass is 32.1. The maximum absolute atomic E-state index is 12.3. The quantitative estimate of drug-likeness (QED) is 0.776. The monoisotopic (exact) mass is 359 g/mol. The Kier molecular flexibility index (Phi) is 5.04. The predicted octanol–water partition coefficient (Wildman–Crippen LogP) is 4.76. The van der Waals surface area contributed by atoms with Crippen molar-refractivity contribution in [2.45, 2.75) is 39.2 Å². The number of carbonyl (C=O) groups is 1. The molecule has 0 radical (unpaired) electrons. The summed E-state index contributed by atoms with van der Waals surface area (Å²) in [5.74, 6) is 0.872. The average Bonchev–Trinajstić information content (AvgIpc) is 2.86. The molecular weight excluding hydrogens is 334 g/mol. The lowest BCUT2D eigenvalue weighted by Crippen LogP contribution is -2.38. The van der Waals surface area contributed by atoms with Crippen LogP contribution in [0.5, 0.6) is 5.75 Å². The van der Waals surface area contributed by atoms with E-state index in [2.05, 4.69) is 18.2 Å². The first-order valence-electron chi connectivity index (χ1n) is 8.59. The van der Waals surface area contributed by atoms with Crippen LogP contribution in [0.4, 0.5) is 4.79 Å². The molecule has 3 rings (SSSR count). The lowest BCUT2D eigenvalue weighted by atomic mass is 10.1. The molecule has 0 atom stereocenters. The van der Waals surface area contributed by atoms with Gasteiger partial charge in [-0.15, -0.1) is 11.3 Å². The molecule has 1 aromatic heterocycles. The Morgan fingerprint density at radius 1 is 1.16 bits per heavy atom. The van der Waals surface area contributed by atoms with E-state index in [9.17, 15) is 4.79 Å². The van der Waals surface area contributed by atoms with Crippen LogP contribution in [0.1, 0.15) is 31.2 Å². The Bertz CT molecular complexity index is 735. The normalized spacial score (nSPS) is 14.6. The van der Waals surface area contributed by atoms with Gasteiger partial charge in [-0.3, -0.25) is 0 Å². The number of benzene rings is 1. The number of nitrogens with zero attached hydrogens (tertiary/aromatic N) is 1. The van der Waals surface area contributed by atoms with Crippen LogP contribution >= 0.6 is 11.3 Å². The van der Waals surface area contributed by atoms with Crippen molar-refractivity contribution in [1.29, 1.82) is 0 Å². The van der Waals surface area contributed by atoms with Crippen molar-refractivity contribution >= 4 is 17.4 Å². The van der Waals surface area contributed by atoms with E-state index in [1.807, 2.05) is 49.1 Å². The fourth-order valence-corrected chi connectivity index (χ4v) is 4.12. The zero-order chi connectivity index (χ0) is 18.0. The second-order valence-electron chi connectivity index (χ2n) is 7.26. The number of thiophene rings is 1. The van der Waals surface area contributed by atoms with Gasteiger partial charge in [0.25, 0.3) is 0 Å². The van der Waals surface area contributed by atoms with Crippen molar-refractivity contribution in [2.24, 2.45) is 0 Å². The third-order valence-corrected chi connectivity index (χ3v) is 5.45. The minimum absolute atomic E-state index is 0.212. The molecular formula is C20H25NO3S. The van der Waals surface area contributed by atoms with Crippen molar-refractivity contribution in [3.8, 4) is 16.2 Å². The van der Waals surface area contributed by atoms with E-state index in [-0.39, 0.29) is 6.09 Å². The highest BCUT2D eigenvalue weighted by Crippen LogP contribution is 2.35. The van der Waals surface area contributed by atoms with E-state index in [0.29, 0.717) is 13.1 Å². The summed E-state index contributed by atoms with van der Waals surface area (Å²) in [5, 5.41) is 0. The van der Waals surface area contributed by atoms with Gasteiger partial charge in [-0.05, 0) is 62.9 Å². The molecule has 25 heavy (non-hydrogen) atoms. The highest BCUT2D eigenvalue weighted by molar-refractivity contribution is 7.15. The van der Waals surface area contributed by atoms with Gasteiger partial charge < -0.3 is 14.4 Å². The number of rotatable bonds is 2. The number of methoxy groups -OCH3 is 1. The second kappa shape index (κ2) is 7.08. The SMILES string of the molecule is COc1cccc(-c2cc3c(s2)CCN(C(=O)OC(C)(C)C)CC3)c1. The molecule has 1 amide bonds. The molecule has 1 aliphatic heterocycles. The van der Waals surface area contributed by atoms with Gasteiger partial charge >= 0.3 is 6.09 Å². The van der Waals surface area contributed by atoms with Crippen molar-refractivity contribution in [2.75, 3.05) is 20.2 Å². The third kappa shape index (κ3) is 4.34. The summed E-state index contributed by atoms with van der Waals surface area (Å²) in [6.45, 7) is 7.12. The Morgan fingerprint density at radius 2 is 1.92 bits per heavy atom. The van der Waals surface area contributed by atoms with E-state index in [0.717, 1.165) is 18.6 Å². The number of fused-ring (bicyclic) bond motifs is 1. The Labute approximate surface area is 153 Å². The van der Waals surface area contributed by atoms with Gasteiger partial charge in [-0.25, -0.2) is 4.79 Å². The van der Waals surface area contributed by atoms with E-state index < -0.39 is 5.60 Å². The summed E-state index contributed by atoms with van der Waals surface area (Å²) in [6.07, 6.45) is 1.54. The van der Waals surface area contributed by atoms with Gasteiger partial charge in [0.1, 0.15) is 11.4 Å². The first kappa shape index (κ1) is 17.8. The van der Waals surface area contributed by atoms with Crippen LogP contribution in [-0.4, -0.2) is 36.8 Å². The summed E-state index contributed by atoms with van der Waals surface area (Å²) < 4.78 is 10.8. The van der Waals surface area contributed by atoms with E-state index in [1.165, 1.54) is 20.9 Å². The molecule has 1 aliphatic rings. The summed E-state index contributed by atoms with van der Waals surface area (Å²) in [7, 11) is 1.69. The lowest BCUT2D eigenvalue weighted by molar-refractivity contribution is 0.0258. The molecule has 0 fully saturated rings. The predicted molar refractivity (Wildman–Crippen MR) is 102 cm³/mol. The second-order valence-corrected chi connectivity index (χ2v) is 8.40. The molecule has 0 aliphatic carbocycles. The Balaban J connectivity index is 1.72. The molecule has 134 valence electrons. The molecule has 2 heterocycles. The number of carbonyl (C=O) groups excluding carboxylic acids is 1. The zero-order valence-corrected chi connectivity index (χ0v) is 16.1. The fraction of sp³-hybridized carbons (Fsp3) is 0.450. The van der Waals surface area contributed by atoms with Crippen LogP contribution in [0, 0.1) is 0 Å². The zero-order valence-electron chi connectivity index (χ0n) is 15.3. The molecule has 0 bridgehead atoms. The molecule has 0 saturated carbocycles. The first-order valence-corrected chi connectivity index (χ1v) is 9.41. The first-order chi connectivity index (χ1) is 11.9.